The second kappa shape index (κ2) is 4.87. The quantitative estimate of drug-likeness (QED) is 0.835. The summed E-state index contributed by atoms with van der Waals surface area (Å²) in [6.45, 7) is 0. The van der Waals surface area contributed by atoms with Gasteiger partial charge in [0.1, 0.15) is 11.5 Å². The number of hydrogen-bond donors (Lipinski definition) is 2. The number of phenolic OH excluding ortho intramolecular Hbond substituents is 2. The molecule has 2 fully saturated rings. The molecule has 0 amide bonds. The molecule has 0 aliphatic heterocycles. The molecule has 0 radical (unpaired) electrons. The van der Waals surface area contributed by atoms with Crippen LogP contribution in [0.4, 0.5) is 0 Å². The standard InChI is InChI=1S/C19H18O3/c20-13-5-7-15(17(9-13)11-1-2-11)19(22)16-8-6-14(21)10-18(16)12-3-4-12/h5-12,20-21H,1-4H2. The predicted octanol–water partition coefficient (Wildman–Crippen LogP) is 4.08. The number of ketones is 1. The number of benzene rings is 2. The van der Waals surface area contributed by atoms with Crippen molar-refractivity contribution in [3.63, 3.8) is 0 Å². The third kappa shape index (κ3) is 2.37. The summed E-state index contributed by atoms with van der Waals surface area (Å²) in [5, 5.41) is 19.4. The van der Waals surface area contributed by atoms with Gasteiger partial charge in [0.05, 0.1) is 0 Å². The number of aromatic hydroxyl groups is 2. The largest absolute Gasteiger partial charge is 0.508 e. The van der Waals surface area contributed by atoms with Crippen molar-refractivity contribution in [1.82, 2.24) is 0 Å². The summed E-state index contributed by atoms with van der Waals surface area (Å²) >= 11 is 0. The lowest BCUT2D eigenvalue weighted by Gasteiger charge is -2.12. The van der Waals surface area contributed by atoms with Crippen LogP contribution in [0.2, 0.25) is 0 Å². The Bertz CT molecular complexity index is 692. The number of phenols is 2. The molecular weight excluding hydrogens is 276 g/mol. The molecule has 22 heavy (non-hydrogen) atoms. The number of carbonyl (C=O) groups excluding carboxylic acids is 1. The average molecular weight is 294 g/mol. The zero-order valence-corrected chi connectivity index (χ0v) is 12.2. The number of hydrogen-bond acceptors (Lipinski definition) is 3. The molecule has 2 aliphatic carbocycles. The molecule has 0 spiro atoms. The van der Waals surface area contributed by atoms with Gasteiger partial charge in [0, 0.05) is 11.1 Å². The van der Waals surface area contributed by atoms with E-state index in [2.05, 4.69) is 0 Å². The first-order valence-electron chi connectivity index (χ1n) is 7.84. The normalized spacial score (nSPS) is 17.5. The van der Waals surface area contributed by atoms with Crippen LogP contribution in [0.3, 0.4) is 0 Å². The van der Waals surface area contributed by atoms with Crippen LogP contribution in [0.1, 0.15) is 64.6 Å². The fraction of sp³-hybridized carbons (Fsp3) is 0.316. The van der Waals surface area contributed by atoms with Crippen LogP contribution in [-0.4, -0.2) is 16.0 Å². The molecule has 3 heteroatoms. The summed E-state index contributed by atoms with van der Waals surface area (Å²) in [6.07, 6.45) is 4.31. The Hall–Kier alpha value is -2.29. The lowest BCUT2D eigenvalue weighted by atomic mass is 9.91. The Kier molecular flexibility index (Phi) is 2.96. The topological polar surface area (TPSA) is 57.5 Å². The van der Waals surface area contributed by atoms with E-state index in [1.807, 2.05) is 0 Å². The van der Waals surface area contributed by atoms with Gasteiger partial charge in [-0.2, -0.15) is 0 Å². The Labute approximate surface area is 129 Å². The zero-order valence-electron chi connectivity index (χ0n) is 12.2. The Morgan fingerprint density at radius 2 is 1.18 bits per heavy atom. The van der Waals surface area contributed by atoms with Crippen LogP contribution < -0.4 is 0 Å². The molecule has 0 unspecified atom stereocenters. The minimum atomic E-state index is 0.00352. The maximum Gasteiger partial charge on any atom is 0.193 e. The minimum Gasteiger partial charge on any atom is -0.508 e. The molecule has 0 bridgehead atoms. The summed E-state index contributed by atoms with van der Waals surface area (Å²) < 4.78 is 0. The first kappa shape index (κ1) is 13.4. The Morgan fingerprint density at radius 3 is 1.55 bits per heavy atom. The van der Waals surface area contributed by atoms with Gasteiger partial charge in [0.25, 0.3) is 0 Å². The highest BCUT2D eigenvalue weighted by Gasteiger charge is 2.32. The summed E-state index contributed by atoms with van der Waals surface area (Å²) in [5.41, 5.74) is 3.29. The van der Waals surface area contributed by atoms with E-state index in [0.29, 0.717) is 23.0 Å². The molecule has 112 valence electrons. The average Bonchev–Trinajstić information content (AvgIpc) is 3.40. The molecule has 2 aromatic carbocycles. The van der Waals surface area contributed by atoms with E-state index in [4.69, 9.17) is 0 Å². The summed E-state index contributed by atoms with van der Waals surface area (Å²) in [7, 11) is 0. The first-order valence-corrected chi connectivity index (χ1v) is 7.84. The van der Waals surface area contributed by atoms with Gasteiger partial charge in [-0.3, -0.25) is 4.79 Å². The van der Waals surface area contributed by atoms with E-state index < -0.39 is 0 Å². The van der Waals surface area contributed by atoms with Crippen molar-refractivity contribution in [3.05, 3.63) is 58.7 Å². The highest BCUT2D eigenvalue weighted by molar-refractivity contribution is 6.11. The van der Waals surface area contributed by atoms with Crippen molar-refractivity contribution in [2.24, 2.45) is 0 Å². The molecule has 0 saturated heterocycles. The van der Waals surface area contributed by atoms with Gasteiger partial charge < -0.3 is 10.2 Å². The second-order valence-electron chi connectivity index (χ2n) is 6.42. The van der Waals surface area contributed by atoms with Crippen molar-refractivity contribution < 1.29 is 15.0 Å². The fourth-order valence-corrected chi connectivity index (χ4v) is 3.12. The Balaban J connectivity index is 1.79. The lowest BCUT2D eigenvalue weighted by molar-refractivity contribution is 0.103. The van der Waals surface area contributed by atoms with Crippen molar-refractivity contribution in [2.45, 2.75) is 37.5 Å². The van der Waals surface area contributed by atoms with Crippen LogP contribution >= 0.6 is 0 Å². The smallest absolute Gasteiger partial charge is 0.193 e. The van der Waals surface area contributed by atoms with Crippen LogP contribution in [0.25, 0.3) is 0 Å². The van der Waals surface area contributed by atoms with E-state index in [-0.39, 0.29) is 17.3 Å². The van der Waals surface area contributed by atoms with Crippen LogP contribution in [0.5, 0.6) is 11.5 Å². The van der Waals surface area contributed by atoms with Gasteiger partial charge in [0.15, 0.2) is 5.78 Å². The van der Waals surface area contributed by atoms with Gasteiger partial charge in [0.2, 0.25) is 0 Å². The fourth-order valence-electron chi connectivity index (χ4n) is 3.12. The van der Waals surface area contributed by atoms with Gasteiger partial charge >= 0.3 is 0 Å². The second-order valence-corrected chi connectivity index (χ2v) is 6.42. The van der Waals surface area contributed by atoms with E-state index in [1.165, 1.54) is 0 Å². The van der Waals surface area contributed by atoms with Crippen LogP contribution in [0, 0.1) is 0 Å². The van der Waals surface area contributed by atoms with Gasteiger partial charge in [-0.1, -0.05) is 0 Å². The molecule has 0 atom stereocenters. The molecule has 2 N–H and O–H groups in total. The predicted molar refractivity (Wildman–Crippen MR) is 83.6 cm³/mol. The van der Waals surface area contributed by atoms with E-state index in [0.717, 1.165) is 36.8 Å². The van der Waals surface area contributed by atoms with Crippen molar-refractivity contribution in [2.75, 3.05) is 0 Å². The minimum absolute atomic E-state index is 0.00352. The van der Waals surface area contributed by atoms with E-state index in [9.17, 15) is 15.0 Å². The van der Waals surface area contributed by atoms with Crippen molar-refractivity contribution in [1.29, 1.82) is 0 Å². The molecule has 3 nitrogen and oxygen atoms in total. The summed E-state index contributed by atoms with van der Waals surface area (Å²) in [4.78, 5) is 13.0. The number of carbonyl (C=O) groups is 1. The highest BCUT2D eigenvalue weighted by atomic mass is 16.3. The highest BCUT2D eigenvalue weighted by Crippen LogP contribution is 2.45. The van der Waals surface area contributed by atoms with E-state index >= 15 is 0 Å². The molecular formula is C19H18O3. The molecule has 2 aromatic rings. The first-order chi connectivity index (χ1) is 10.6. The van der Waals surface area contributed by atoms with Crippen molar-refractivity contribution in [3.8, 4) is 11.5 Å². The van der Waals surface area contributed by atoms with E-state index in [1.54, 1.807) is 36.4 Å². The molecule has 2 saturated carbocycles. The summed E-state index contributed by atoms with van der Waals surface area (Å²) in [6, 6.07) is 10.1. The SMILES string of the molecule is O=C(c1ccc(O)cc1C1CC1)c1ccc(O)cc1C1CC1. The van der Waals surface area contributed by atoms with Crippen LogP contribution in [-0.2, 0) is 0 Å². The van der Waals surface area contributed by atoms with Crippen LogP contribution in [0.15, 0.2) is 36.4 Å². The van der Waals surface area contributed by atoms with Gasteiger partial charge in [-0.25, -0.2) is 0 Å². The van der Waals surface area contributed by atoms with Crippen molar-refractivity contribution >= 4 is 5.78 Å². The van der Waals surface area contributed by atoms with Gasteiger partial charge in [-0.05, 0) is 85.0 Å². The number of rotatable bonds is 4. The Morgan fingerprint density at radius 1 is 0.773 bits per heavy atom. The maximum atomic E-state index is 13.0. The maximum absolute atomic E-state index is 13.0. The van der Waals surface area contributed by atoms with Gasteiger partial charge in [-0.15, -0.1) is 0 Å². The zero-order chi connectivity index (χ0) is 15.3. The molecule has 2 aliphatic rings. The molecule has 4 rings (SSSR count). The lowest BCUT2D eigenvalue weighted by Crippen LogP contribution is -2.08. The third-order valence-electron chi connectivity index (χ3n) is 4.59. The third-order valence-corrected chi connectivity index (χ3v) is 4.59. The molecule has 0 aromatic heterocycles. The molecule has 0 heterocycles. The summed E-state index contributed by atoms with van der Waals surface area (Å²) in [5.74, 6) is 1.22. The monoisotopic (exact) mass is 294 g/mol.